The lowest BCUT2D eigenvalue weighted by molar-refractivity contribution is -0.137. The van der Waals surface area contributed by atoms with Crippen LogP contribution in [0.1, 0.15) is 24.8 Å². The van der Waals surface area contributed by atoms with Gasteiger partial charge in [-0.05, 0) is 50.4 Å². The number of pyridine rings is 1. The number of alkyl halides is 3. The maximum absolute atomic E-state index is 12.5. The summed E-state index contributed by atoms with van der Waals surface area (Å²) in [7, 11) is 0. The van der Waals surface area contributed by atoms with Crippen LogP contribution in [0.2, 0.25) is 0 Å². The minimum atomic E-state index is -4.31. The van der Waals surface area contributed by atoms with E-state index < -0.39 is 11.7 Å². The van der Waals surface area contributed by atoms with Gasteiger partial charge in [-0.15, -0.1) is 0 Å². The van der Waals surface area contributed by atoms with E-state index in [9.17, 15) is 13.2 Å². The molecule has 1 aliphatic rings. The molecule has 0 aromatic carbocycles. The third kappa shape index (κ3) is 4.38. The normalized spacial score (nSPS) is 20.3. The largest absolute Gasteiger partial charge is 0.416 e. The molecule has 1 unspecified atom stereocenters. The van der Waals surface area contributed by atoms with Crippen LogP contribution in [0.5, 0.6) is 0 Å². The zero-order valence-corrected chi connectivity index (χ0v) is 10.6. The van der Waals surface area contributed by atoms with E-state index in [0.29, 0.717) is 18.3 Å². The first-order valence-electron chi connectivity index (χ1n) is 6.53. The standard InChI is InChI=1S/C13H18F3N3/c14-13(15,16)11-4-7-19-12(8-11)18-6-3-10-2-1-5-17-9-10/h4,7-8,10,17H,1-3,5-6,9H2,(H,18,19). The summed E-state index contributed by atoms with van der Waals surface area (Å²) >= 11 is 0. The topological polar surface area (TPSA) is 37.0 Å². The zero-order valence-electron chi connectivity index (χ0n) is 10.6. The van der Waals surface area contributed by atoms with Gasteiger partial charge in [0.15, 0.2) is 0 Å². The summed E-state index contributed by atoms with van der Waals surface area (Å²) in [5.41, 5.74) is -0.663. The quantitative estimate of drug-likeness (QED) is 0.885. The highest BCUT2D eigenvalue weighted by Gasteiger charge is 2.30. The summed E-state index contributed by atoms with van der Waals surface area (Å²) in [6.45, 7) is 2.72. The molecule has 1 saturated heterocycles. The summed E-state index contributed by atoms with van der Waals surface area (Å²) in [4.78, 5) is 3.91. The third-order valence-corrected chi connectivity index (χ3v) is 3.34. The molecule has 1 aromatic rings. The molecule has 1 atom stereocenters. The Labute approximate surface area is 110 Å². The van der Waals surface area contributed by atoms with Crippen molar-refractivity contribution in [3.8, 4) is 0 Å². The van der Waals surface area contributed by atoms with Crippen molar-refractivity contribution in [1.82, 2.24) is 10.3 Å². The third-order valence-electron chi connectivity index (χ3n) is 3.34. The predicted octanol–water partition coefficient (Wildman–Crippen LogP) is 2.90. The number of halogens is 3. The number of anilines is 1. The van der Waals surface area contributed by atoms with Gasteiger partial charge in [-0.1, -0.05) is 0 Å². The minimum absolute atomic E-state index is 0.290. The van der Waals surface area contributed by atoms with Crippen LogP contribution in [0.3, 0.4) is 0 Å². The molecule has 19 heavy (non-hydrogen) atoms. The molecular weight excluding hydrogens is 255 g/mol. The van der Waals surface area contributed by atoms with Gasteiger partial charge < -0.3 is 10.6 Å². The van der Waals surface area contributed by atoms with Crippen molar-refractivity contribution < 1.29 is 13.2 Å². The highest BCUT2D eigenvalue weighted by atomic mass is 19.4. The van der Waals surface area contributed by atoms with Crippen LogP contribution >= 0.6 is 0 Å². The van der Waals surface area contributed by atoms with Crippen molar-refractivity contribution in [3.63, 3.8) is 0 Å². The van der Waals surface area contributed by atoms with Gasteiger partial charge in [0.25, 0.3) is 0 Å². The molecule has 0 saturated carbocycles. The van der Waals surface area contributed by atoms with Gasteiger partial charge in [0, 0.05) is 12.7 Å². The number of nitrogens with one attached hydrogen (secondary N) is 2. The predicted molar refractivity (Wildman–Crippen MR) is 67.9 cm³/mol. The fraction of sp³-hybridized carbons (Fsp3) is 0.615. The lowest BCUT2D eigenvalue weighted by Gasteiger charge is -2.22. The summed E-state index contributed by atoms with van der Waals surface area (Å²) in [6, 6.07) is 2.04. The van der Waals surface area contributed by atoms with Gasteiger partial charge in [0.1, 0.15) is 5.82 Å². The maximum atomic E-state index is 12.5. The highest BCUT2D eigenvalue weighted by Crippen LogP contribution is 2.29. The maximum Gasteiger partial charge on any atom is 0.416 e. The van der Waals surface area contributed by atoms with Crippen LogP contribution in [0.4, 0.5) is 19.0 Å². The van der Waals surface area contributed by atoms with Gasteiger partial charge in [-0.3, -0.25) is 0 Å². The van der Waals surface area contributed by atoms with E-state index in [1.807, 2.05) is 0 Å². The van der Waals surface area contributed by atoms with Crippen molar-refractivity contribution >= 4 is 5.82 Å². The Bertz CT molecular complexity index is 400. The van der Waals surface area contributed by atoms with E-state index in [1.165, 1.54) is 19.0 Å². The molecule has 106 valence electrons. The highest BCUT2D eigenvalue weighted by molar-refractivity contribution is 5.38. The Hall–Kier alpha value is -1.30. The smallest absolute Gasteiger partial charge is 0.370 e. The molecule has 0 bridgehead atoms. The van der Waals surface area contributed by atoms with Crippen LogP contribution < -0.4 is 10.6 Å². The minimum Gasteiger partial charge on any atom is -0.370 e. The van der Waals surface area contributed by atoms with Crippen molar-refractivity contribution in [2.45, 2.75) is 25.4 Å². The number of aromatic nitrogens is 1. The number of rotatable bonds is 4. The summed E-state index contributed by atoms with van der Waals surface area (Å²) in [5, 5.41) is 6.29. The van der Waals surface area contributed by atoms with E-state index in [1.54, 1.807) is 0 Å². The van der Waals surface area contributed by atoms with Crippen molar-refractivity contribution in [1.29, 1.82) is 0 Å². The van der Waals surface area contributed by atoms with Crippen LogP contribution in [-0.2, 0) is 6.18 Å². The first-order chi connectivity index (χ1) is 9.05. The monoisotopic (exact) mass is 273 g/mol. The fourth-order valence-electron chi connectivity index (χ4n) is 2.28. The van der Waals surface area contributed by atoms with Crippen LogP contribution in [-0.4, -0.2) is 24.6 Å². The van der Waals surface area contributed by atoms with E-state index in [0.717, 1.165) is 31.6 Å². The molecule has 3 nitrogen and oxygen atoms in total. The molecular formula is C13H18F3N3. The van der Waals surface area contributed by atoms with Gasteiger partial charge in [0.05, 0.1) is 5.56 Å². The average Bonchev–Trinajstić information content (AvgIpc) is 2.39. The molecule has 0 amide bonds. The molecule has 2 heterocycles. The Balaban J connectivity index is 1.82. The van der Waals surface area contributed by atoms with Crippen molar-refractivity contribution in [3.05, 3.63) is 23.9 Å². The molecule has 1 fully saturated rings. The lowest BCUT2D eigenvalue weighted by Crippen LogP contribution is -2.30. The molecule has 1 aliphatic heterocycles. The molecule has 0 radical (unpaired) electrons. The molecule has 0 aliphatic carbocycles. The molecule has 2 rings (SSSR count). The van der Waals surface area contributed by atoms with Gasteiger partial charge >= 0.3 is 6.18 Å². The number of hydrogen-bond donors (Lipinski definition) is 2. The first-order valence-corrected chi connectivity index (χ1v) is 6.53. The molecule has 1 aromatic heterocycles. The number of hydrogen-bond acceptors (Lipinski definition) is 3. The van der Waals surface area contributed by atoms with Crippen molar-refractivity contribution in [2.75, 3.05) is 25.0 Å². The second-order valence-corrected chi connectivity index (χ2v) is 4.86. The first kappa shape index (κ1) is 14.1. The van der Waals surface area contributed by atoms with Gasteiger partial charge in [0.2, 0.25) is 0 Å². The Morgan fingerprint density at radius 2 is 2.26 bits per heavy atom. The average molecular weight is 273 g/mol. The van der Waals surface area contributed by atoms with Gasteiger partial charge in [-0.25, -0.2) is 4.98 Å². The second-order valence-electron chi connectivity index (χ2n) is 4.86. The molecule has 2 N–H and O–H groups in total. The zero-order chi connectivity index (χ0) is 13.7. The van der Waals surface area contributed by atoms with Gasteiger partial charge in [-0.2, -0.15) is 13.2 Å². The van der Waals surface area contributed by atoms with Crippen LogP contribution in [0, 0.1) is 5.92 Å². The molecule has 0 spiro atoms. The Morgan fingerprint density at radius 1 is 1.42 bits per heavy atom. The lowest BCUT2D eigenvalue weighted by atomic mass is 9.96. The fourth-order valence-corrected chi connectivity index (χ4v) is 2.28. The number of nitrogens with zero attached hydrogens (tertiary/aromatic N) is 1. The van der Waals surface area contributed by atoms with Crippen LogP contribution in [0.25, 0.3) is 0 Å². The summed E-state index contributed by atoms with van der Waals surface area (Å²) < 4.78 is 37.6. The van der Waals surface area contributed by atoms with Crippen molar-refractivity contribution in [2.24, 2.45) is 5.92 Å². The SMILES string of the molecule is FC(F)(F)c1ccnc(NCCC2CCCNC2)c1. The van der Waals surface area contributed by atoms with E-state index in [-0.39, 0.29) is 0 Å². The molecule has 6 heteroatoms. The Morgan fingerprint density at radius 3 is 2.95 bits per heavy atom. The van der Waals surface area contributed by atoms with Crippen LogP contribution in [0.15, 0.2) is 18.3 Å². The van der Waals surface area contributed by atoms with E-state index in [4.69, 9.17) is 0 Å². The number of piperidine rings is 1. The van der Waals surface area contributed by atoms with E-state index >= 15 is 0 Å². The summed E-state index contributed by atoms with van der Waals surface area (Å²) in [6.07, 6.45) is 0.183. The second kappa shape index (κ2) is 6.23. The summed E-state index contributed by atoms with van der Waals surface area (Å²) in [5.74, 6) is 0.894. The Kier molecular flexibility index (Phi) is 4.63. The van der Waals surface area contributed by atoms with E-state index in [2.05, 4.69) is 15.6 Å².